The maximum Gasteiger partial charge on any atom is 0.303 e. The van der Waals surface area contributed by atoms with E-state index in [0.717, 1.165) is 60.2 Å². The molecule has 10 atom stereocenters. The van der Waals surface area contributed by atoms with Crippen LogP contribution in [0, 0.1) is 0 Å². The first-order chi connectivity index (χ1) is 21.9. The third-order valence-corrected chi connectivity index (χ3v) is 7.83. The summed E-state index contributed by atoms with van der Waals surface area (Å²) < 4.78 is 56.2. The van der Waals surface area contributed by atoms with Gasteiger partial charge in [0.25, 0.3) is 0 Å². The van der Waals surface area contributed by atoms with E-state index in [0.29, 0.717) is 0 Å². The van der Waals surface area contributed by atoms with Crippen molar-refractivity contribution >= 4 is 53.5 Å². The van der Waals surface area contributed by atoms with Gasteiger partial charge in [-0.2, -0.15) is 0 Å². The SMILES string of the molecule is CC(=O)OC[C@H]1O[C@@H](S[C@H]2[C@H](OC(C)=O)[C@@H](OC(C)=O)[C@@H](OC(C)C)O[C@@H]2COC(C)=O)[C@H](OC(C)=O)[C@@H](OC(C)=O)[C@H]1OC(C)=O. The predicted octanol–water partition coefficient (Wildman–Crippen LogP) is 0.748. The van der Waals surface area contributed by atoms with E-state index in [9.17, 15) is 33.6 Å². The maximum absolute atomic E-state index is 12.4. The van der Waals surface area contributed by atoms with Crippen molar-refractivity contribution in [3.05, 3.63) is 0 Å². The molecule has 2 aliphatic rings. The second-order valence-electron chi connectivity index (χ2n) is 10.8. The molecule has 0 N–H and O–H groups in total. The number of ether oxygens (including phenoxy) is 10. The molecule has 17 nitrogen and oxygen atoms in total. The number of esters is 7. The summed E-state index contributed by atoms with van der Waals surface area (Å²) in [4.78, 5) is 84.9. The fourth-order valence-corrected chi connectivity index (χ4v) is 6.42. The normalized spacial score (nSPS) is 30.3. The Morgan fingerprint density at radius 3 is 1.43 bits per heavy atom. The molecule has 0 bridgehead atoms. The zero-order chi connectivity index (χ0) is 35.6. The van der Waals surface area contributed by atoms with Crippen LogP contribution < -0.4 is 0 Å². The van der Waals surface area contributed by atoms with Crippen LogP contribution in [0.5, 0.6) is 0 Å². The Morgan fingerprint density at radius 1 is 0.532 bits per heavy atom. The van der Waals surface area contributed by atoms with Crippen LogP contribution in [-0.4, -0.2) is 121 Å². The maximum atomic E-state index is 12.4. The number of carbonyl (C=O) groups is 7. The van der Waals surface area contributed by atoms with Gasteiger partial charge in [-0.3, -0.25) is 33.6 Å². The number of hydrogen-bond donors (Lipinski definition) is 0. The van der Waals surface area contributed by atoms with Crippen molar-refractivity contribution < 1.29 is 80.9 Å². The highest BCUT2D eigenvalue weighted by atomic mass is 32.2. The molecule has 0 aromatic carbocycles. The molecule has 0 saturated carbocycles. The Morgan fingerprint density at radius 2 is 0.957 bits per heavy atom. The lowest BCUT2D eigenvalue weighted by Crippen LogP contribution is -2.64. The molecule has 2 fully saturated rings. The molecular formula is C29H42O17S. The summed E-state index contributed by atoms with van der Waals surface area (Å²) >= 11 is 0.831. The van der Waals surface area contributed by atoms with Crippen LogP contribution in [-0.2, 0) is 80.9 Å². The van der Waals surface area contributed by atoms with Crippen molar-refractivity contribution in [3.8, 4) is 0 Å². The van der Waals surface area contributed by atoms with E-state index < -0.39 is 121 Å². The monoisotopic (exact) mass is 694 g/mol. The molecule has 266 valence electrons. The Hall–Kier alpha value is -3.48. The highest BCUT2D eigenvalue weighted by molar-refractivity contribution is 8.00. The van der Waals surface area contributed by atoms with Gasteiger partial charge in [-0.05, 0) is 13.8 Å². The van der Waals surface area contributed by atoms with Crippen molar-refractivity contribution in [1.29, 1.82) is 0 Å². The minimum absolute atomic E-state index is 0.402. The highest BCUT2D eigenvalue weighted by Gasteiger charge is 2.57. The molecule has 0 aromatic heterocycles. The quantitative estimate of drug-likeness (QED) is 0.192. The molecule has 0 spiro atoms. The molecule has 2 aliphatic heterocycles. The molecule has 0 aromatic rings. The van der Waals surface area contributed by atoms with Crippen molar-refractivity contribution in [1.82, 2.24) is 0 Å². The van der Waals surface area contributed by atoms with Gasteiger partial charge in [-0.25, -0.2) is 0 Å². The number of carbonyl (C=O) groups excluding carboxylic acids is 7. The van der Waals surface area contributed by atoms with Gasteiger partial charge in [-0.1, -0.05) is 0 Å². The topological polar surface area (TPSA) is 212 Å². The van der Waals surface area contributed by atoms with Crippen molar-refractivity contribution in [2.75, 3.05) is 13.2 Å². The molecule has 0 radical (unpaired) electrons. The molecule has 18 heteroatoms. The van der Waals surface area contributed by atoms with Gasteiger partial charge in [0.2, 0.25) is 0 Å². The summed E-state index contributed by atoms with van der Waals surface area (Å²) in [5.74, 6) is -5.40. The van der Waals surface area contributed by atoms with Crippen molar-refractivity contribution in [2.24, 2.45) is 0 Å². The van der Waals surface area contributed by atoms with E-state index in [1.165, 1.54) is 0 Å². The Kier molecular flexibility index (Phi) is 15.3. The largest absolute Gasteiger partial charge is 0.463 e. The lowest BCUT2D eigenvalue weighted by atomic mass is 9.99. The molecule has 0 amide bonds. The fraction of sp³-hybridized carbons (Fsp3) is 0.759. The van der Waals surface area contributed by atoms with Gasteiger partial charge in [-0.15, -0.1) is 11.8 Å². The number of hydrogen-bond acceptors (Lipinski definition) is 18. The second-order valence-corrected chi connectivity index (χ2v) is 12.1. The molecule has 2 saturated heterocycles. The first-order valence-corrected chi connectivity index (χ1v) is 15.6. The molecule has 47 heavy (non-hydrogen) atoms. The van der Waals surface area contributed by atoms with E-state index in [2.05, 4.69) is 0 Å². The lowest BCUT2D eigenvalue weighted by Gasteiger charge is -2.48. The van der Waals surface area contributed by atoms with Gasteiger partial charge >= 0.3 is 41.8 Å². The Bertz CT molecular complexity index is 1160. The third kappa shape index (κ3) is 12.6. The standard InChI is InChI=1S/C29H42O17S/c1-12(2)39-28-25(43-18(8)35)24(42-17(7)34)27(21(45-28)11-38-14(4)31)47-29-26(44-19(9)36)23(41-16(6)33)22(40-15(5)32)20(46-29)10-37-13(3)30/h12,20-29H,10-11H2,1-9H3/t20-,21-,22+,23+,24-,25-,26-,27-,28+,29+/m1/s1. The predicted molar refractivity (Wildman–Crippen MR) is 156 cm³/mol. The molecule has 0 aliphatic carbocycles. The Labute approximate surface area is 275 Å². The summed E-state index contributed by atoms with van der Waals surface area (Å²) in [6.07, 6.45) is -11.2. The first-order valence-electron chi connectivity index (χ1n) is 14.6. The summed E-state index contributed by atoms with van der Waals surface area (Å²) in [5.41, 5.74) is -1.34. The van der Waals surface area contributed by atoms with Crippen LogP contribution in [0.2, 0.25) is 0 Å². The van der Waals surface area contributed by atoms with E-state index in [1.54, 1.807) is 13.8 Å². The summed E-state index contributed by atoms with van der Waals surface area (Å²) in [6.45, 7) is 10.3. The fourth-order valence-electron chi connectivity index (χ4n) is 4.85. The zero-order valence-electron chi connectivity index (χ0n) is 27.6. The van der Waals surface area contributed by atoms with Crippen molar-refractivity contribution in [3.63, 3.8) is 0 Å². The smallest absolute Gasteiger partial charge is 0.303 e. The van der Waals surface area contributed by atoms with Crippen LogP contribution in [0.25, 0.3) is 0 Å². The average molecular weight is 695 g/mol. The average Bonchev–Trinajstić information content (AvgIpc) is 2.91. The molecule has 2 heterocycles. The summed E-state index contributed by atoms with van der Waals surface area (Å²) in [5, 5.41) is -1.12. The van der Waals surface area contributed by atoms with E-state index in [1.807, 2.05) is 0 Å². The number of thioether (sulfide) groups is 1. The lowest BCUT2D eigenvalue weighted by molar-refractivity contribution is -0.285. The molecular weight excluding hydrogens is 652 g/mol. The van der Waals surface area contributed by atoms with Crippen LogP contribution in [0.4, 0.5) is 0 Å². The summed E-state index contributed by atoms with van der Waals surface area (Å²) in [6, 6.07) is 0. The summed E-state index contributed by atoms with van der Waals surface area (Å²) in [7, 11) is 0. The van der Waals surface area contributed by atoms with Crippen LogP contribution >= 0.6 is 11.8 Å². The van der Waals surface area contributed by atoms with Gasteiger partial charge in [0.15, 0.2) is 36.8 Å². The van der Waals surface area contributed by atoms with Gasteiger partial charge in [0.05, 0.1) is 11.4 Å². The minimum Gasteiger partial charge on any atom is -0.463 e. The van der Waals surface area contributed by atoms with E-state index >= 15 is 0 Å². The highest BCUT2D eigenvalue weighted by Crippen LogP contribution is 2.42. The third-order valence-electron chi connectivity index (χ3n) is 6.29. The Balaban J connectivity index is 2.72. The van der Waals surface area contributed by atoms with Crippen LogP contribution in [0.15, 0.2) is 0 Å². The van der Waals surface area contributed by atoms with Crippen LogP contribution in [0.1, 0.15) is 62.3 Å². The van der Waals surface area contributed by atoms with Gasteiger partial charge < -0.3 is 47.4 Å². The van der Waals surface area contributed by atoms with Gasteiger partial charge in [0.1, 0.15) is 30.9 Å². The van der Waals surface area contributed by atoms with Gasteiger partial charge in [0, 0.05) is 48.5 Å². The second kappa shape index (κ2) is 18.2. The zero-order valence-corrected chi connectivity index (χ0v) is 28.4. The minimum atomic E-state index is -1.49. The molecule has 2 rings (SSSR count). The van der Waals surface area contributed by atoms with Crippen molar-refractivity contribution in [2.45, 2.75) is 128 Å². The van der Waals surface area contributed by atoms with Crippen LogP contribution in [0.3, 0.4) is 0 Å². The van der Waals surface area contributed by atoms with E-state index in [-0.39, 0.29) is 0 Å². The first kappa shape index (κ1) is 39.7. The van der Waals surface area contributed by atoms with E-state index in [4.69, 9.17) is 47.4 Å². The number of rotatable bonds is 13. The molecule has 0 unspecified atom stereocenters.